The zero-order valence-corrected chi connectivity index (χ0v) is 15.1. The van der Waals surface area contributed by atoms with Gasteiger partial charge in [0, 0.05) is 16.6 Å². The normalized spacial score (nSPS) is 11.7. The van der Waals surface area contributed by atoms with Crippen LogP contribution in [0.4, 0.5) is 0 Å². The smallest absolute Gasteiger partial charge is 0.194 e. The fourth-order valence-corrected chi connectivity index (χ4v) is 3.38. The molecule has 0 unspecified atom stereocenters. The van der Waals surface area contributed by atoms with Gasteiger partial charge in [-0.1, -0.05) is 0 Å². The molecular weight excluding hydrogens is 320 g/mol. The van der Waals surface area contributed by atoms with Crippen LogP contribution >= 0.6 is 11.3 Å². The second kappa shape index (κ2) is 6.61. The molecule has 0 saturated heterocycles. The number of aryl methyl sites for hydroxylation is 2. The van der Waals surface area contributed by atoms with Gasteiger partial charge in [-0.3, -0.25) is 9.20 Å². The topological polar surface area (TPSA) is 43.6 Å². The number of imidazole rings is 1. The van der Waals surface area contributed by atoms with Crippen molar-refractivity contribution in [1.29, 1.82) is 0 Å². The highest BCUT2D eigenvalue weighted by molar-refractivity contribution is 7.17. The van der Waals surface area contributed by atoms with Gasteiger partial charge in [-0.2, -0.15) is 0 Å². The third kappa shape index (κ3) is 3.41. The Balaban J connectivity index is 1.80. The fourth-order valence-electron chi connectivity index (χ4n) is 2.50. The van der Waals surface area contributed by atoms with Gasteiger partial charge >= 0.3 is 0 Å². The summed E-state index contributed by atoms with van der Waals surface area (Å²) in [5.41, 5.74) is 2.51. The third-order valence-electron chi connectivity index (χ3n) is 3.57. The van der Waals surface area contributed by atoms with Gasteiger partial charge in [0.2, 0.25) is 0 Å². The Kier molecular flexibility index (Phi) is 4.53. The summed E-state index contributed by atoms with van der Waals surface area (Å²) in [6.07, 6.45) is 5.60. The molecule has 4 nitrogen and oxygen atoms in total. The van der Waals surface area contributed by atoms with Crippen molar-refractivity contribution >= 4 is 28.2 Å². The van der Waals surface area contributed by atoms with E-state index in [1.54, 1.807) is 29.5 Å². The van der Waals surface area contributed by atoms with E-state index in [0.29, 0.717) is 5.56 Å². The number of aromatic nitrogens is 2. The first-order valence-corrected chi connectivity index (χ1v) is 8.70. The molecule has 2 aromatic heterocycles. The maximum absolute atomic E-state index is 12.4. The quantitative estimate of drug-likeness (QED) is 0.500. The lowest BCUT2D eigenvalue weighted by Crippen LogP contribution is -2.05. The van der Waals surface area contributed by atoms with Gasteiger partial charge in [-0.15, -0.1) is 11.3 Å². The number of carbonyl (C=O) groups excluding carboxylic acids is 1. The van der Waals surface area contributed by atoms with Crippen molar-refractivity contribution in [2.24, 2.45) is 0 Å². The number of ether oxygens (including phenoxy) is 1. The zero-order valence-electron chi connectivity index (χ0n) is 14.2. The first kappa shape index (κ1) is 16.5. The highest BCUT2D eigenvalue weighted by Crippen LogP contribution is 2.22. The number of rotatable bonds is 5. The predicted molar refractivity (Wildman–Crippen MR) is 98.1 cm³/mol. The molecule has 0 spiro atoms. The summed E-state index contributed by atoms with van der Waals surface area (Å²) >= 11 is 1.64. The molecule has 3 rings (SSSR count). The van der Waals surface area contributed by atoms with E-state index in [-0.39, 0.29) is 11.9 Å². The van der Waals surface area contributed by atoms with Crippen molar-refractivity contribution in [3.63, 3.8) is 0 Å². The van der Waals surface area contributed by atoms with Crippen LogP contribution in [0.25, 0.3) is 11.0 Å². The average Bonchev–Trinajstić information content (AvgIpc) is 3.00. The molecule has 0 amide bonds. The van der Waals surface area contributed by atoms with Gasteiger partial charge in [-0.25, -0.2) is 4.98 Å². The van der Waals surface area contributed by atoms with Crippen LogP contribution in [0.2, 0.25) is 0 Å². The molecule has 2 heterocycles. The van der Waals surface area contributed by atoms with Gasteiger partial charge in [0.05, 0.1) is 17.5 Å². The molecular formula is C19H20N2O2S. The monoisotopic (exact) mass is 340 g/mol. The molecule has 24 heavy (non-hydrogen) atoms. The molecule has 3 aromatic rings. The van der Waals surface area contributed by atoms with E-state index >= 15 is 0 Å². The number of fused-ring (bicyclic) bond motifs is 1. The SMILES string of the molecule is Cc1cn2c(/C=C/C(=O)c3ccc(OC(C)C)cc3)c(C)nc2s1. The third-order valence-corrected chi connectivity index (χ3v) is 4.46. The van der Waals surface area contributed by atoms with E-state index in [2.05, 4.69) is 4.98 Å². The molecule has 0 saturated carbocycles. The Morgan fingerprint density at radius 3 is 2.62 bits per heavy atom. The molecule has 0 aliphatic heterocycles. The molecule has 0 radical (unpaired) electrons. The molecule has 1 aromatic carbocycles. The highest BCUT2D eigenvalue weighted by Gasteiger charge is 2.09. The van der Waals surface area contributed by atoms with Crippen LogP contribution in [-0.4, -0.2) is 21.3 Å². The van der Waals surface area contributed by atoms with Crippen LogP contribution in [0, 0.1) is 13.8 Å². The minimum atomic E-state index is -0.0348. The van der Waals surface area contributed by atoms with Gasteiger partial charge in [0.15, 0.2) is 10.7 Å². The van der Waals surface area contributed by atoms with Gasteiger partial charge < -0.3 is 4.74 Å². The number of hydrogen-bond acceptors (Lipinski definition) is 4. The number of benzene rings is 1. The first-order chi connectivity index (χ1) is 11.4. The van der Waals surface area contributed by atoms with Crippen LogP contribution in [-0.2, 0) is 0 Å². The molecule has 5 heteroatoms. The van der Waals surface area contributed by atoms with Crippen LogP contribution in [0.3, 0.4) is 0 Å². The summed E-state index contributed by atoms with van der Waals surface area (Å²) in [5, 5.41) is 0. The average molecular weight is 340 g/mol. The summed E-state index contributed by atoms with van der Waals surface area (Å²) in [6, 6.07) is 7.23. The van der Waals surface area contributed by atoms with E-state index in [1.807, 2.05) is 56.5 Å². The molecule has 0 atom stereocenters. The van der Waals surface area contributed by atoms with E-state index in [0.717, 1.165) is 22.1 Å². The Morgan fingerprint density at radius 1 is 1.25 bits per heavy atom. The number of thiazole rings is 1. The summed E-state index contributed by atoms with van der Waals surface area (Å²) in [5.74, 6) is 0.736. The van der Waals surface area contributed by atoms with Crippen molar-refractivity contribution in [1.82, 2.24) is 9.38 Å². The summed E-state index contributed by atoms with van der Waals surface area (Å²) in [7, 11) is 0. The lowest BCUT2D eigenvalue weighted by Gasteiger charge is -2.09. The van der Waals surface area contributed by atoms with Crippen LogP contribution in [0.1, 0.15) is 40.5 Å². The molecule has 0 aliphatic carbocycles. The molecule has 0 fully saturated rings. The van der Waals surface area contributed by atoms with Gasteiger partial charge in [0.25, 0.3) is 0 Å². The van der Waals surface area contributed by atoms with Crippen molar-refractivity contribution < 1.29 is 9.53 Å². The molecule has 124 valence electrons. The Morgan fingerprint density at radius 2 is 1.96 bits per heavy atom. The van der Waals surface area contributed by atoms with E-state index in [1.165, 1.54) is 4.88 Å². The Hall–Kier alpha value is -2.40. The summed E-state index contributed by atoms with van der Waals surface area (Å²) in [4.78, 5) is 19.0. The number of nitrogens with zero attached hydrogens (tertiary/aromatic N) is 2. The van der Waals surface area contributed by atoms with Crippen LogP contribution < -0.4 is 4.74 Å². The summed E-state index contributed by atoms with van der Waals surface area (Å²) in [6.45, 7) is 7.95. The molecule has 0 bridgehead atoms. The zero-order chi connectivity index (χ0) is 17.3. The Bertz CT molecular complexity index is 901. The maximum atomic E-state index is 12.4. The van der Waals surface area contributed by atoms with Crippen molar-refractivity contribution in [2.45, 2.75) is 33.8 Å². The number of carbonyl (C=O) groups is 1. The van der Waals surface area contributed by atoms with Gasteiger partial charge in [0.1, 0.15) is 5.75 Å². The number of hydrogen-bond donors (Lipinski definition) is 0. The van der Waals surface area contributed by atoms with E-state index in [4.69, 9.17) is 4.74 Å². The predicted octanol–water partition coefficient (Wildman–Crippen LogP) is 4.70. The molecule has 0 aliphatic rings. The van der Waals surface area contributed by atoms with Gasteiger partial charge in [-0.05, 0) is 64.1 Å². The fraction of sp³-hybridized carbons (Fsp3) is 0.263. The van der Waals surface area contributed by atoms with Crippen LogP contribution in [0.5, 0.6) is 5.75 Å². The molecule has 0 N–H and O–H groups in total. The second-order valence-corrected chi connectivity index (χ2v) is 7.18. The largest absolute Gasteiger partial charge is 0.491 e. The van der Waals surface area contributed by atoms with Crippen molar-refractivity contribution in [2.75, 3.05) is 0 Å². The minimum absolute atomic E-state index is 0.0348. The van der Waals surface area contributed by atoms with E-state index < -0.39 is 0 Å². The Labute approximate surface area is 145 Å². The lowest BCUT2D eigenvalue weighted by atomic mass is 10.1. The van der Waals surface area contributed by atoms with E-state index in [9.17, 15) is 4.79 Å². The standard InChI is InChI=1S/C19H20N2O2S/c1-12(2)23-16-7-5-15(6-8-16)18(22)10-9-17-14(4)20-19-21(17)11-13(3)24-19/h5-12H,1-4H3/b10-9+. The lowest BCUT2D eigenvalue weighted by molar-refractivity contribution is 0.104. The maximum Gasteiger partial charge on any atom is 0.194 e. The number of ketones is 1. The minimum Gasteiger partial charge on any atom is -0.491 e. The summed E-state index contributed by atoms with van der Waals surface area (Å²) < 4.78 is 7.62. The first-order valence-electron chi connectivity index (χ1n) is 7.88. The van der Waals surface area contributed by atoms with Crippen LogP contribution in [0.15, 0.2) is 36.5 Å². The van der Waals surface area contributed by atoms with Crippen molar-refractivity contribution in [3.8, 4) is 5.75 Å². The number of allylic oxidation sites excluding steroid dienone is 1. The van der Waals surface area contributed by atoms with Crippen molar-refractivity contribution in [3.05, 3.63) is 58.4 Å². The highest BCUT2D eigenvalue weighted by atomic mass is 32.1. The second-order valence-electron chi connectivity index (χ2n) is 5.97.